The van der Waals surface area contributed by atoms with Gasteiger partial charge >= 0.3 is 0 Å². The second-order valence-electron chi connectivity index (χ2n) is 14.1. The van der Waals surface area contributed by atoms with E-state index >= 15 is 0 Å². The average Bonchev–Trinajstić information content (AvgIpc) is 3.77. The number of H-pyrrole nitrogens is 1. The Morgan fingerprint density at radius 2 is 1.68 bits per heavy atom. The Hall–Kier alpha value is -5.16. The molecule has 1 atom stereocenters. The van der Waals surface area contributed by atoms with Crippen LogP contribution in [0.4, 0.5) is 11.5 Å². The molecule has 12 heteroatoms. The van der Waals surface area contributed by atoms with Crippen LogP contribution in [-0.2, 0) is 4.79 Å². The minimum absolute atomic E-state index is 0.0222. The number of hydrogen-bond acceptors (Lipinski definition) is 6. The van der Waals surface area contributed by atoms with Gasteiger partial charge in [-0.2, -0.15) is 0 Å². The molecule has 1 unspecified atom stereocenters. The molecule has 53 heavy (non-hydrogen) atoms. The summed E-state index contributed by atoms with van der Waals surface area (Å²) in [7, 11) is 0. The maximum atomic E-state index is 14.6. The van der Waals surface area contributed by atoms with E-state index in [0.29, 0.717) is 64.3 Å². The summed E-state index contributed by atoms with van der Waals surface area (Å²) < 4.78 is 2.10. The Labute approximate surface area is 318 Å². The largest absolute Gasteiger partial charge is 0.395 e. The molecule has 0 radical (unpaired) electrons. The van der Waals surface area contributed by atoms with E-state index < -0.39 is 5.41 Å². The van der Waals surface area contributed by atoms with Crippen molar-refractivity contribution in [1.29, 1.82) is 0 Å². The summed E-state index contributed by atoms with van der Waals surface area (Å²) in [6.07, 6.45) is 4.93. The van der Waals surface area contributed by atoms with Gasteiger partial charge in [-0.25, -0.2) is 9.97 Å². The van der Waals surface area contributed by atoms with Gasteiger partial charge in [-0.15, -0.1) is 0 Å². The van der Waals surface area contributed by atoms with Gasteiger partial charge < -0.3 is 30.2 Å². The summed E-state index contributed by atoms with van der Waals surface area (Å²) in [4.78, 5) is 42.5. The van der Waals surface area contributed by atoms with Crippen molar-refractivity contribution in [2.75, 3.05) is 29.9 Å². The number of hydrogen-bond donors (Lipinski definition) is 4. The number of anilines is 2. The van der Waals surface area contributed by atoms with Crippen molar-refractivity contribution in [3.05, 3.63) is 119 Å². The zero-order valence-corrected chi connectivity index (χ0v) is 31.2. The number of amides is 2. The van der Waals surface area contributed by atoms with Crippen LogP contribution >= 0.6 is 23.2 Å². The Bertz CT molecular complexity index is 2260. The van der Waals surface area contributed by atoms with Crippen molar-refractivity contribution in [3.63, 3.8) is 0 Å². The van der Waals surface area contributed by atoms with E-state index in [0.717, 1.165) is 27.9 Å². The van der Waals surface area contributed by atoms with Crippen LogP contribution in [0.1, 0.15) is 55.7 Å². The maximum Gasteiger partial charge on any atom is 0.272 e. The SMILES string of the molecule is CC(c1ccc(Cl)cc1)n1cnc(-c2ccccc2)c1-c1c(C(=O)Nc2cccnc2N2CCC(NC(=O)C(C)(C)CO)CC2)[nH]c2cc(Cl)ccc12. The highest BCUT2D eigenvalue weighted by molar-refractivity contribution is 6.31. The summed E-state index contributed by atoms with van der Waals surface area (Å²) in [5.74, 6) is 0.133. The van der Waals surface area contributed by atoms with Crippen LogP contribution in [0.2, 0.25) is 10.0 Å². The Balaban J connectivity index is 1.26. The fourth-order valence-electron chi connectivity index (χ4n) is 6.82. The van der Waals surface area contributed by atoms with Gasteiger partial charge in [-0.05, 0) is 75.6 Å². The third-order valence-electron chi connectivity index (χ3n) is 10.0. The van der Waals surface area contributed by atoms with Gasteiger partial charge in [0.1, 0.15) is 5.69 Å². The molecular formula is C41H41Cl2N7O3. The van der Waals surface area contributed by atoms with Crippen LogP contribution in [0, 0.1) is 5.41 Å². The molecule has 4 heterocycles. The van der Waals surface area contributed by atoms with Crippen molar-refractivity contribution in [2.45, 2.75) is 45.7 Å². The first-order chi connectivity index (χ1) is 25.5. The molecule has 3 aromatic heterocycles. The second kappa shape index (κ2) is 15.1. The molecule has 7 rings (SSSR count). The smallest absolute Gasteiger partial charge is 0.272 e. The van der Waals surface area contributed by atoms with Gasteiger partial charge in [0.05, 0.1) is 41.5 Å². The molecule has 0 spiro atoms. The molecular weight excluding hydrogens is 709 g/mol. The van der Waals surface area contributed by atoms with Gasteiger partial charge in [0.25, 0.3) is 5.91 Å². The van der Waals surface area contributed by atoms with E-state index in [9.17, 15) is 14.7 Å². The van der Waals surface area contributed by atoms with Crippen LogP contribution in [0.5, 0.6) is 0 Å². The number of nitrogens with one attached hydrogen (secondary N) is 3. The molecule has 0 aliphatic carbocycles. The monoisotopic (exact) mass is 749 g/mol. The number of carbonyl (C=O) groups excluding carboxylic acids is 2. The number of imidazole rings is 1. The summed E-state index contributed by atoms with van der Waals surface area (Å²) in [6, 6.07) is 26.7. The minimum Gasteiger partial charge on any atom is -0.395 e. The molecule has 0 saturated carbocycles. The van der Waals surface area contributed by atoms with E-state index in [1.807, 2.05) is 85.2 Å². The number of rotatable bonds is 10. The number of aliphatic hydroxyl groups excluding tert-OH is 1. The molecule has 2 amide bonds. The second-order valence-corrected chi connectivity index (χ2v) is 15.0. The number of pyridine rings is 1. The van der Waals surface area contributed by atoms with Crippen molar-refractivity contribution in [2.24, 2.45) is 5.41 Å². The lowest BCUT2D eigenvalue weighted by atomic mass is 9.92. The lowest BCUT2D eigenvalue weighted by Gasteiger charge is -2.35. The maximum absolute atomic E-state index is 14.6. The first-order valence-electron chi connectivity index (χ1n) is 17.7. The fraction of sp³-hybridized carbons (Fsp3) is 0.268. The zero-order valence-electron chi connectivity index (χ0n) is 29.7. The first kappa shape index (κ1) is 36.2. The molecule has 4 N–H and O–H groups in total. The minimum atomic E-state index is -0.851. The lowest BCUT2D eigenvalue weighted by Crippen LogP contribution is -2.49. The van der Waals surface area contributed by atoms with Crippen LogP contribution in [0.3, 0.4) is 0 Å². The summed E-state index contributed by atoms with van der Waals surface area (Å²) >= 11 is 12.7. The summed E-state index contributed by atoms with van der Waals surface area (Å²) in [5.41, 5.74) is 4.92. The van der Waals surface area contributed by atoms with E-state index in [2.05, 4.69) is 37.0 Å². The van der Waals surface area contributed by atoms with Crippen LogP contribution in [0.25, 0.3) is 33.4 Å². The van der Waals surface area contributed by atoms with Crippen molar-refractivity contribution >= 4 is 57.4 Å². The molecule has 1 fully saturated rings. The number of piperidine rings is 1. The quantitative estimate of drug-likeness (QED) is 0.111. The fourth-order valence-corrected chi connectivity index (χ4v) is 7.12. The third kappa shape index (κ3) is 7.40. The molecule has 3 aromatic carbocycles. The predicted octanol–water partition coefficient (Wildman–Crippen LogP) is 8.37. The van der Waals surface area contributed by atoms with Gasteiger partial charge in [-0.3, -0.25) is 9.59 Å². The highest BCUT2D eigenvalue weighted by Gasteiger charge is 2.32. The van der Waals surface area contributed by atoms with E-state index in [1.54, 1.807) is 26.1 Å². The van der Waals surface area contributed by atoms with Crippen LogP contribution in [-0.4, -0.2) is 62.2 Å². The lowest BCUT2D eigenvalue weighted by molar-refractivity contribution is -0.132. The van der Waals surface area contributed by atoms with Gasteiger partial charge in [0, 0.05) is 57.4 Å². The van der Waals surface area contributed by atoms with Gasteiger partial charge in [0.15, 0.2) is 5.82 Å². The summed E-state index contributed by atoms with van der Waals surface area (Å²) in [5, 5.41) is 17.9. The first-order valence-corrected chi connectivity index (χ1v) is 18.4. The zero-order chi connectivity index (χ0) is 37.3. The highest BCUT2D eigenvalue weighted by Crippen LogP contribution is 2.42. The molecule has 1 aliphatic heterocycles. The Morgan fingerprint density at radius 3 is 2.40 bits per heavy atom. The molecule has 0 bridgehead atoms. The van der Waals surface area contributed by atoms with E-state index in [1.165, 1.54) is 0 Å². The molecule has 6 aromatic rings. The molecule has 272 valence electrons. The van der Waals surface area contributed by atoms with E-state index in [4.69, 9.17) is 28.2 Å². The number of benzene rings is 3. The molecule has 10 nitrogen and oxygen atoms in total. The Kier molecular flexibility index (Phi) is 10.3. The van der Waals surface area contributed by atoms with Crippen molar-refractivity contribution < 1.29 is 14.7 Å². The number of fused-ring (bicyclic) bond motifs is 1. The predicted molar refractivity (Wildman–Crippen MR) is 212 cm³/mol. The van der Waals surface area contributed by atoms with Crippen LogP contribution in [0.15, 0.2) is 97.5 Å². The average molecular weight is 751 g/mol. The van der Waals surface area contributed by atoms with Gasteiger partial charge in [-0.1, -0.05) is 71.7 Å². The van der Waals surface area contributed by atoms with E-state index in [-0.39, 0.29) is 30.5 Å². The number of nitrogens with zero attached hydrogens (tertiary/aromatic N) is 4. The highest BCUT2D eigenvalue weighted by atomic mass is 35.5. The number of halogens is 2. The van der Waals surface area contributed by atoms with Gasteiger partial charge in [0.2, 0.25) is 5.91 Å². The molecule has 1 saturated heterocycles. The Morgan fingerprint density at radius 1 is 0.962 bits per heavy atom. The number of aliphatic hydroxyl groups is 1. The normalized spacial score (nSPS) is 14.3. The number of aromatic nitrogens is 4. The number of carbonyl (C=O) groups is 2. The van der Waals surface area contributed by atoms with Crippen molar-refractivity contribution in [1.82, 2.24) is 24.8 Å². The standard InChI is InChI=1S/C41H41Cl2N7O3/c1-25(26-11-13-28(42)14-12-26)50-24-45-35(27-8-5-4-6-9-27)37(50)34-31-16-15-29(43)22-33(31)47-36(34)39(52)48-32-10-7-19-44-38(32)49-20-17-30(18-21-49)46-40(53)41(2,3)23-51/h4-16,19,22,24-25,30,47,51H,17-18,20-21,23H2,1-3H3,(H,46,53)(H,48,52). The summed E-state index contributed by atoms with van der Waals surface area (Å²) in [6.45, 7) is 6.58. The topological polar surface area (TPSA) is 128 Å². The molecule has 1 aliphatic rings. The van der Waals surface area contributed by atoms with Crippen molar-refractivity contribution in [3.8, 4) is 22.5 Å². The number of aromatic amines is 1. The van der Waals surface area contributed by atoms with Crippen LogP contribution < -0.4 is 15.5 Å². The third-order valence-corrected chi connectivity index (χ3v) is 10.5.